The van der Waals surface area contributed by atoms with E-state index in [9.17, 15) is 4.79 Å². The fourth-order valence-electron chi connectivity index (χ4n) is 3.26. The molecule has 0 aliphatic heterocycles. The summed E-state index contributed by atoms with van der Waals surface area (Å²) in [6.45, 7) is 0.357. The summed E-state index contributed by atoms with van der Waals surface area (Å²) in [5.74, 6) is 0.920. The quantitative estimate of drug-likeness (QED) is 0.216. The Morgan fingerprint density at radius 3 is 2.41 bits per heavy atom. The third-order valence-electron chi connectivity index (χ3n) is 4.68. The van der Waals surface area contributed by atoms with Gasteiger partial charge in [-0.05, 0) is 86.7 Å². The van der Waals surface area contributed by atoms with Crippen LogP contribution in [0.1, 0.15) is 27.0 Å². The van der Waals surface area contributed by atoms with Crippen molar-refractivity contribution in [3.8, 4) is 5.75 Å². The van der Waals surface area contributed by atoms with Crippen LogP contribution >= 0.6 is 68.4 Å². The third-order valence-corrected chi connectivity index (χ3v) is 6.87. The van der Waals surface area contributed by atoms with E-state index in [1.807, 2.05) is 48.5 Å². The van der Waals surface area contributed by atoms with Gasteiger partial charge in [-0.25, -0.2) is 0 Å². The van der Waals surface area contributed by atoms with Crippen LogP contribution in [0.2, 0.25) is 10.0 Å². The molecule has 0 heterocycles. The van der Waals surface area contributed by atoms with E-state index in [1.165, 1.54) is 0 Å². The summed E-state index contributed by atoms with van der Waals surface area (Å²) >= 11 is 16.7. The molecule has 1 aliphatic carbocycles. The first-order valence-electron chi connectivity index (χ1n) is 8.81. The van der Waals surface area contributed by atoms with Gasteiger partial charge >= 0.3 is 0 Å². The Kier molecular flexibility index (Phi) is 6.53. The third kappa shape index (κ3) is 4.65. The van der Waals surface area contributed by atoms with Gasteiger partial charge in [-0.15, -0.1) is 0 Å². The monoisotopic (exact) mass is 646 g/mol. The summed E-state index contributed by atoms with van der Waals surface area (Å²) in [6.07, 6.45) is 2.65. The second kappa shape index (κ2) is 8.96. The van der Waals surface area contributed by atoms with Crippen LogP contribution in [0, 0.1) is 7.14 Å². The molecule has 0 amide bonds. The van der Waals surface area contributed by atoms with Gasteiger partial charge in [0.2, 0.25) is 0 Å². The number of halogens is 4. The smallest absolute Gasteiger partial charge is 0.189 e. The summed E-state index contributed by atoms with van der Waals surface area (Å²) in [5.41, 5.74) is 4.59. The molecule has 0 aromatic heterocycles. The molecule has 29 heavy (non-hydrogen) atoms. The lowest BCUT2D eigenvalue weighted by Crippen LogP contribution is -2.01. The van der Waals surface area contributed by atoms with Crippen molar-refractivity contribution < 1.29 is 9.53 Å². The molecule has 0 radical (unpaired) electrons. The molecule has 0 saturated heterocycles. The number of ketones is 1. The number of carbonyl (C=O) groups excluding carboxylic acids is 1. The van der Waals surface area contributed by atoms with E-state index in [1.54, 1.807) is 12.1 Å². The van der Waals surface area contributed by atoms with Crippen molar-refractivity contribution in [3.63, 3.8) is 0 Å². The van der Waals surface area contributed by atoms with Crippen molar-refractivity contribution in [3.05, 3.63) is 99.6 Å². The molecular formula is C23H14Cl2I2O2. The van der Waals surface area contributed by atoms with Crippen LogP contribution in [-0.4, -0.2) is 5.78 Å². The van der Waals surface area contributed by atoms with E-state index >= 15 is 0 Å². The molecule has 1 aliphatic rings. The lowest BCUT2D eigenvalue weighted by atomic mass is 10.1. The highest BCUT2D eigenvalue weighted by atomic mass is 127. The van der Waals surface area contributed by atoms with Gasteiger partial charge in [0.25, 0.3) is 0 Å². The van der Waals surface area contributed by atoms with Gasteiger partial charge in [0, 0.05) is 33.2 Å². The number of benzene rings is 3. The molecule has 4 rings (SSSR count). The summed E-state index contributed by atoms with van der Waals surface area (Å²) in [6, 6.07) is 17.2. The number of allylic oxidation sites excluding steroid dienone is 1. The number of Topliss-reactive ketones (excluding diaryl/α,β-unsaturated/α-hetero) is 1. The Labute approximate surface area is 206 Å². The molecular weight excluding hydrogens is 633 g/mol. The Hall–Kier alpha value is -1.09. The van der Waals surface area contributed by atoms with Gasteiger partial charge in [-0.3, -0.25) is 4.79 Å². The van der Waals surface area contributed by atoms with Crippen LogP contribution in [0.5, 0.6) is 5.75 Å². The van der Waals surface area contributed by atoms with Gasteiger partial charge in [0.15, 0.2) is 5.78 Å². The van der Waals surface area contributed by atoms with E-state index in [0.717, 1.165) is 40.7 Å². The zero-order valence-corrected chi connectivity index (χ0v) is 20.8. The molecule has 0 saturated carbocycles. The molecule has 0 atom stereocenters. The number of carbonyl (C=O) groups is 1. The van der Waals surface area contributed by atoms with Crippen molar-refractivity contribution in [2.24, 2.45) is 0 Å². The average molecular weight is 647 g/mol. The summed E-state index contributed by atoms with van der Waals surface area (Å²) < 4.78 is 8.00. The Morgan fingerprint density at radius 1 is 1.00 bits per heavy atom. The second-order valence-corrected chi connectivity index (χ2v) is 9.84. The summed E-state index contributed by atoms with van der Waals surface area (Å²) in [4.78, 5) is 12.6. The van der Waals surface area contributed by atoms with E-state index < -0.39 is 0 Å². The zero-order valence-electron chi connectivity index (χ0n) is 15.0. The highest BCUT2D eigenvalue weighted by molar-refractivity contribution is 14.1. The minimum atomic E-state index is 0.114. The van der Waals surface area contributed by atoms with Crippen LogP contribution in [0.15, 0.2) is 60.2 Å². The molecule has 0 fully saturated rings. The molecule has 3 aromatic rings. The Morgan fingerprint density at radius 2 is 1.72 bits per heavy atom. The fourth-order valence-corrected chi connectivity index (χ4v) is 5.85. The highest BCUT2D eigenvalue weighted by Gasteiger charge is 2.24. The molecule has 0 N–H and O–H groups in total. The summed E-state index contributed by atoms with van der Waals surface area (Å²) in [5, 5.41) is 1.19. The minimum Gasteiger partial charge on any atom is -0.487 e. The van der Waals surface area contributed by atoms with Gasteiger partial charge in [0.05, 0.1) is 7.14 Å². The van der Waals surface area contributed by atoms with Crippen LogP contribution in [0.4, 0.5) is 0 Å². The van der Waals surface area contributed by atoms with Crippen molar-refractivity contribution in [1.82, 2.24) is 0 Å². The SMILES string of the molecule is O=C1/C(=C/c2cc(I)c(OCc3ccc(Cl)cc3Cl)c(I)c2)Cc2ccccc21. The number of hydrogen-bond acceptors (Lipinski definition) is 2. The van der Waals surface area contributed by atoms with Crippen molar-refractivity contribution in [2.45, 2.75) is 13.0 Å². The Bertz CT molecular complexity index is 1130. The van der Waals surface area contributed by atoms with Crippen LogP contribution < -0.4 is 4.74 Å². The molecule has 6 heteroatoms. The highest BCUT2D eigenvalue weighted by Crippen LogP contribution is 2.33. The molecule has 2 nitrogen and oxygen atoms in total. The number of fused-ring (bicyclic) bond motifs is 1. The molecule has 0 unspecified atom stereocenters. The van der Waals surface area contributed by atoms with Crippen molar-refractivity contribution >= 4 is 80.2 Å². The van der Waals surface area contributed by atoms with E-state index in [4.69, 9.17) is 27.9 Å². The minimum absolute atomic E-state index is 0.114. The lowest BCUT2D eigenvalue weighted by Gasteiger charge is -2.13. The van der Waals surface area contributed by atoms with Gasteiger partial charge in [0.1, 0.15) is 12.4 Å². The maximum Gasteiger partial charge on any atom is 0.189 e. The maximum absolute atomic E-state index is 12.6. The molecule has 0 bridgehead atoms. The molecule has 146 valence electrons. The normalized spacial score (nSPS) is 14.3. The van der Waals surface area contributed by atoms with Crippen LogP contribution in [0.3, 0.4) is 0 Å². The Balaban J connectivity index is 1.56. The number of hydrogen-bond donors (Lipinski definition) is 0. The number of ether oxygens (including phenoxy) is 1. The topological polar surface area (TPSA) is 26.3 Å². The van der Waals surface area contributed by atoms with Crippen LogP contribution in [-0.2, 0) is 13.0 Å². The molecule has 0 spiro atoms. The maximum atomic E-state index is 12.6. The predicted molar refractivity (Wildman–Crippen MR) is 135 cm³/mol. The second-order valence-electron chi connectivity index (χ2n) is 6.67. The zero-order chi connectivity index (χ0) is 20.5. The van der Waals surface area contributed by atoms with Gasteiger partial charge < -0.3 is 4.74 Å². The van der Waals surface area contributed by atoms with E-state index in [-0.39, 0.29) is 5.78 Å². The summed E-state index contributed by atoms with van der Waals surface area (Å²) in [7, 11) is 0. The van der Waals surface area contributed by atoms with Crippen LogP contribution in [0.25, 0.3) is 6.08 Å². The first-order chi connectivity index (χ1) is 13.9. The van der Waals surface area contributed by atoms with Crippen molar-refractivity contribution in [1.29, 1.82) is 0 Å². The standard InChI is InChI=1S/C23H14Cl2I2O2/c24-17-6-5-15(19(25)11-17)12-29-23-20(26)8-13(9-21(23)27)7-16-10-14-3-1-2-4-18(14)22(16)28/h1-9,11H,10,12H2/b16-7+. The molecule has 3 aromatic carbocycles. The fraction of sp³-hybridized carbons (Fsp3) is 0.0870. The average Bonchev–Trinajstić information content (AvgIpc) is 2.98. The van der Waals surface area contributed by atoms with E-state index in [2.05, 4.69) is 45.2 Å². The van der Waals surface area contributed by atoms with Gasteiger partial charge in [-0.2, -0.15) is 0 Å². The predicted octanol–water partition coefficient (Wildman–Crippen LogP) is 7.60. The first-order valence-corrected chi connectivity index (χ1v) is 11.7. The number of rotatable bonds is 4. The van der Waals surface area contributed by atoms with Crippen molar-refractivity contribution in [2.75, 3.05) is 0 Å². The first kappa shape index (κ1) is 21.2. The lowest BCUT2D eigenvalue weighted by molar-refractivity contribution is 0.104. The largest absolute Gasteiger partial charge is 0.487 e. The van der Waals surface area contributed by atoms with Gasteiger partial charge in [-0.1, -0.05) is 53.5 Å². The van der Waals surface area contributed by atoms with E-state index in [0.29, 0.717) is 23.1 Å².